The zero-order chi connectivity index (χ0) is 12.2. The fraction of sp³-hybridized carbons (Fsp3) is 0.600. The lowest BCUT2D eigenvalue weighted by molar-refractivity contribution is 0.544. The third-order valence-electron chi connectivity index (χ3n) is 2.35. The van der Waals surface area contributed by atoms with Crippen LogP contribution in [0.1, 0.15) is 25.1 Å². The van der Waals surface area contributed by atoms with Gasteiger partial charge in [0, 0.05) is 17.5 Å². The maximum atomic E-state index is 11.9. The van der Waals surface area contributed by atoms with Crippen molar-refractivity contribution in [3.8, 4) is 0 Å². The molecule has 1 aromatic heterocycles. The summed E-state index contributed by atoms with van der Waals surface area (Å²) in [5, 5.41) is 0. The average Bonchev–Trinajstić information content (AvgIpc) is 2.75. The average molecular weight is 262 g/mol. The van der Waals surface area contributed by atoms with Gasteiger partial charge in [0.15, 0.2) is 0 Å². The van der Waals surface area contributed by atoms with Crippen LogP contribution in [0.4, 0.5) is 0 Å². The van der Waals surface area contributed by atoms with E-state index in [1.807, 2.05) is 19.9 Å². The highest BCUT2D eigenvalue weighted by atomic mass is 32.2. The van der Waals surface area contributed by atoms with Gasteiger partial charge in [0.1, 0.15) is 4.21 Å². The molecule has 1 unspecified atom stereocenters. The first-order chi connectivity index (χ1) is 7.53. The minimum Gasteiger partial charge on any atom is -0.329 e. The van der Waals surface area contributed by atoms with Crippen molar-refractivity contribution in [2.75, 3.05) is 6.54 Å². The molecule has 92 valence electrons. The van der Waals surface area contributed by atoms with E-state index in [1.54, 1.807) is 6.07 Å². The minimum absolute atomic E-state index is 0.183. The second-order valence-electron chi connectivity index (χ2n) is 3.54. The van der Waals surface area contributed by atoms with Gasteiger partial charge in [-0.2, -0.15) is 0 Å². The number of thiophene rings is 1. The summed E-state index contributed by atoms with van der Waals surface area (Å²) in [4.78, 5) is 1.07. The summed E-state index contributed by atoms with van der Waals surface area (Å²) in [5.74, 6) is 0. The SMILES string of the molecule is CCc1ccc(S(=O)(=O)NC(CC)CN)s1. The van der Waals surface area contributed by atoms with Crippen LogP contribution in [-0.4, -0.2) is 21.0 Å². The molecule has 0 aliphatic carbocycles. The van der Waals surface area contributed by atoms with Crippen molar-refractivity contribution >= 4 is 21.4 Å². The molecule has 0 amide bonds. The van der Waals surface area contributed by atoms with Crippen molar-refractivity contribution in [2.45, 2.75) is 36.9 Å². The van der Waals surface area contributed by atoms with Crippen LogP contribution in [0.5, 0.6) is 0 Å². The van der Waals surface area contributed by atoms with Crippen molar-refractivity contribution in [1.82, 2.24) is 4.72 Å². The molecule has 0 spiro atoms. The largest absolute Gasteiger partial charge is 0.329 e. The number of nitrogens with two attached hydrogens (primary N) is 1. The Labute approximate surface area is 101 Å². The van der Waals surface area contributed by atoms with Gasteiger partial charge >= 0.3 is 0 Å². The van der Waals surface area contributed by atoms with Crippen LogP contribution in [0.15, 0.2) is 16.3 Å². The Morgan fingerprint density at radius 3 is 2.56 bits per heavy atom. The predicted octanol–water partition coefficient (Wildman–Crippen LogP) is 1.33. The quantitative estimate of drug-likeness (QED) is 0.812. The second kappa shape index (κ2) is 5.77. The topological polar surface area (TPSA) is 72.2 Å². The van der Waals surface area contributed by atoms with Crippen LogP contribution in [0.3, 0.4) is 0 Å². The molecule has 0 aliphatic rings. The highest BCUT2D eigenvalue weighted by Gasteiger charge is 2.19. The fourth-order valence-corrected chi connectivity index (χ4v) is 3.91. The van der Waals surface area contributed by atoms with Gasteiger partial charge in [0.25, 0.3) is 0 Å². The van der Waals surface area contributed by atoms with E-state index in [0.29, 0.717) is 17.2 Å². The summed E-state index contributed by atoms with van der Waals surface area (Å²) < 4.78 is 26.8. The summed E-state index contributed by atoms with van der Waals surface area (Å²) in [6.07, 6.45) is 1.55. The van der Waals surface area contributed by atoms with Gasteiger partial charge in [0.2, 0.25) is 10.0 Å². The summed E-state index contributed by atoms with van der Waals surface area (Å²) in [6, 6.07) is 3.31. The molecule has 1 rings (SSSR count). The van der Waals surface area contributed by atoms with Crippen molar-refractivity contribution in [2.24, 2.45) is 5.73 Å². The Morgan fingerprint density at radius 1 is 1.44 bits per heavy atom. The van der Waals surface area contributed by atoms with Crippen LogP contribution >= 0.6 is 11.3 Å². The Balaban J connectivity index is 2.85. The van der Waals surface area contributed by atoms with E-state index in [2.05, 4.69) is 4.72 Å². The van der Waals surface area contributed by atoms with Gasteiger partial charge in [-0.3, -0.25) is 0 Å². The van der Waals surface area contributed by atoms with E-state index in [0.717, 1.165) is 11.3 Å². The molecule has 3 N–H and O–H groups in total. The number of hydrogen-bond acceptors (Lipinski definition) is 4. The van der Waals surface area contributed by atoms with E-state index < -0.39 is 10.0 Å². The van der Waals surface area contributed by atoms with Crippen LogP contribution < -0.4 is 10.5 Å². The summed E-state index contributed by atoms with van der Waals surface area (Å²) in [5.41, 5.74) is 5.48. The van der Waals surface area contributed by atoms with Crippen molar-refractivity contribution < 1.29 is 8.42 Å². The van der Waals surface area contributed by atoms with E-state index in [1.165, 1.54) is 11.3 Å². The van der Waals surface area contributed by atoms with Gasteiger partial charge < -0.3 is 5.73 Å². The van der Waals surface area contributed by atoms with E-state index >= 15 is 0 Å². The molecule has 0 aliphatic heterocycles. The molecule has 0 saturated heterocycles. The first-order valence-corrected chi connectivity index (χ1v) is 7.64. The monoisotopic (exact) mass is 262 g/mol. The number of rotatable bonds is 6. The fourth-order valence-electron chi connectivity index (χ4n) is 1.27. The number of aryl methyl sites for hydroxylation is 1. The third kappa shape index (κ3) is 3.28. The Morgan fingerprint density at radius 2 is 2.12 bits per heavy atom. The molecule has 6 heteroatoms. The lowest BCUT2D eigenvalue weighted by Crippen LogP contribution is -2.39. The summed E-state index contributed by atoms with van der Waals surface area (Å²) >= 11 is 1.31. The summed E-state index contributed by atoms with van der Waals surface area (Å²) in [7, 11) is -3.38. The van der Waals surface area contributed by atoms with Gasteiger partial charge in [-0.05, 0) is 25.0 Å². The van der Waals surface area contributed by atoms with E-state index in [4.69, 9.17) is 5.73 Å². The number of nitrogens with one attached hydrogen (secondary N) is 1. The molecule has 0 aromatic carbocycles. The molecule has 1 aromatic rings. The predicted molar refractivity (Wildman–Crippen MR) is 67.2 cm³/mol. The first kappa shape index (κ1) is 13.6. The van der Waals surface area contributed by atoms with Gasteiger partial charge in [0.05, 0.1) is 0 Å². The summed E-state index contributed by atoms with van der Waals surface area (Å²) in [6.45, 7) is 4.23. The molecule has 0 fully saturated rings. The number of hydrogen-bond donors (Lipinski definition) is 2. The van der Waals surface area contributed by atoms with Crippen LogP contribution in [-0.2, 0) is 16.4 Å². The Hall–Kier alpha value is -0.430. The van der Waals surface area contributed by atoms with E-state index in [9.17, 15) is 8.42 Å². The van der Waals surface area contributed by atoms with Crippen molar-refractivity contribution in [3.05, 3.63) is 17.0 Å². The standard InChI is InChI=1S/C10H18N2O2S2/c1-3-8(7-11)12-16(13,14)10-6-5-9(4-2)15-10/h5-6,8,12H,3-4,7,11H2,1-2H3. The van der Waals surface area contributed by atoms with Crippen molar-refractivity contribution in [1.29, 1.82) is 0 Å². The molecular weight excluding hydrogens is 244 g/mol. The molecular formula is C10H18N2O2S2. The van der Waals surface area contributed by atoms with Crippen LogP contribution in [0.25, 0.3) is 0 Å². The van der Waals surface area contributed by atoms with Crippen LogP contribution in [0.2, 0.25) is 0 Å². The van der Waals surface area contributed by atoms with Gasteiger partial charge in [-0.25, -0.2) is 13.1 Å². The van der Waals surface area contributed by atoms with E-state index in [-0.39, 0.29) is 6.04 Å². The highest BCUT2D eigenvalue weighted by Crippen LogP contribution is 2.22. The zero-order valence-electron chi connectivity index (χ0n) is 9.56. The Bertz CT molecular complexity index is 422. The normalized spacial score (nSPS) is 13.9. The first-order valence-electron chi connectivity index (χ1n) is 5.34. The third-order valence-corrected chi connectivity index (χ3v) is 5.59. The Kier molecular flexibility index (Phi) is 4.91. The maximum absolute atomic E-state index is 11.9. The maximum Gasteiger partial charge on any atom is 0.250 e. The lowest BCUT2D eigenvalue weighted by Gasteiger charge is -2.13. The zero-order valence-corrected chi connectivity index (χ0v) is 11.2. The minimum atomic E-state index is -3.38. The molecule has 0 bridgehead atoms. The molecule has 16 heavy (non-hydrogen) atoms. The molecule has 0 saturated carbocycles. The van der Waals surface area contributed by atoms with Gasteiger partial charge in [-0.1, -0.05) is 13.8 Å². The van der Waals surface area contributed by atoms with Crippen molar-refractivity contribution in [3.63, 3.8) is 0 Å². The molecule has 4 nitrogen and oxygen atoms in total. The molecule has 1 heterocycles. The highest BCUT2D eigenvalue weighted by molar-refractivity contribution is 7.91. The molecule has 1 atom stereocenters. The lowest BCUT2D eigenvalue weighted by atomic mass is 10.2. The second-order valence-corrected chi connectivity index (χ2v) is 6.65. The number of sulfonamides is 1. The smallest absolute Gasteiger partial charge is 0.250 e. The molecule has 0 radical (unpaired) electrons. The van der Waals surface area contributed by atoms with Gasteiger partial charge in [-0.15, -0.1) is 11.3 Å². The van der Waals surface area contributed by atoms with Crippen LogP contribution in [0, 0.1) is 0 Å².